The topological polar surface area (TPSA) is 64.4 Å². The first-order valence-electron chi connectivity index (χ1n) is 5.47. The second-order valence-electron chi connectivity index (χ2n) is 4.14. The minimum Gasteiger partial charge on any atom is -0.381 e. The number of aromatic nitrogens is 1. The highest BCUT2D eigenvalue weighted by Crippen LogP contribution is 2.14. The lowest BCUT2D eigenvalue weighted by molar-refractivity contribution is 0.0943. The van der Waals surface area contributed by atoms with E-state index in [9.17, 15) is 4.79 Å². The Morgan fingerprint density at radius 3 is 2.94 bits per heavy atom. The molecule has 1 fully saturated rings. The zero-order valence-electron chi connectivity index (χ0n) is 9.58. The van der Waals surface area contributed by atoms with E-state index in [0.717, 1.165) is 19.6 Å². The summed E-state index contributed by atoms with van der Waals surface area (Å²) in [5, 5.41) is 6.65. The Labute approximate surface area is 94.1 Å². The van der Waals surface area contributed by atoms with E-state index >= 15 is 0 Å². The molecule has 88 valence electrons. The number of hydrogen-bond acceptors (Lipinski definition) is 4. The molecule has 1 aliphatic rings. The molecule has 0 saturated carbocycles. The first-order chi connectivity index (χ1) is 7.68. The number of nitrogens with one attached hydrogen (secondary N) is 1. The third kappa shape index (κ3) is 2.24. The lowest BCUT2D eigenvalue weighted by atomic mass is 10.1. The largest absolute Gasteiger partial charge is 0.381 e. The molecule has 1 aromatic rings. The van der Waals surface area contributed by atoms with Crippen molar-refractivity contribution in [3.05, 3.63) is 17.0 Å². The second kappa shape index (κ2) is 4.65. The van der Waals surface area contributed by atoms with Crippen LogP contribution in [0, 0.1) is 19.8 Å². The second-order valence-corrected chi connectivity index (χ2v) is 4.14. The van der Waals surface area contributed by atoms with Gasteiger partial charge < -0.3 is 14.6 Å². The Balaban J connectivity index is 1.92. The van der Waals surface area contributed by atoms with Crippen molar-refractivity contribution in [2.45, 2.75) is 20.3 Å². The van der Waals surface area contributed by atoms with Crippen LogP contribution in [0.15, 0.2) is 4.52 Å². The molecular formula is C11H16N2O3. The van der Waals surface area contributed by atoms with Crippen LogP contribution < -0.4 is 5.32 Å². The molecule has 5 nitrogen and oxygen atoms in total. The number of ether oxygens (including phenoxy) is 1. The predicted octanol–water partition coefficient (Wildman–Crippen LogP) is 1.06. The summed E-state index contributed by atoms with van der Waals surface area (Å²) in [5.74, 6) is 0.894. The van der Waals surface area contributed by atoms with Crippen LogP contribution in [-0.2, 0) is 4.74 Å². The predicted molar refractivity (Wildman–Crippen MR) is 57.2 cm³/mol. The summed E-state index contributed by atoms with van der Waals surface area (Å²) in [4.78, 5) is 11.9. The van der Waals surface area contributed by atoms with E-state index in [0.29, 0.717) is 29.5 Å². The molecule has 0 unspecified atom stereocenters. The Bertz CT molecular complexity index is 361. The van der Waals surface area contributed by atoms with Crippen molar-refractivity contribution in [2.75, 3.05) is 19.8 Å². The molecule has 2 heterocycles. The van der Waals surface area contributed by atoms with Gasteiger partial charge in [-0.2, -0.15) is 0 Å². The average Bonchev–Trinajstić information content (AvgIpc) is 2.86. The summed E-state index contributed by atoms with van der Waals surface area (Å²) in [6.07, 6.45) is 1.02. The van der Waals surface area contributed by atoms with Crippen LogP contribution in [-0.4, -0.2) is 30.8 Å². The Kier molecular flexibility index (Phi) is 3.24. The summed E-state index contributed by atoms with van der Waals surface area (Å²) in [6.45, 7) is 5.70. The monoisotopic (exact) mass is 224 g/mol. The number of carbonyl (C=O) groups is 1. The van der Waals surface area contributed by atoms with Crippen LogP contribution in [0.1, 0.15) is 28.2 Å². The van der Waals surface area contributed by atoms with Crippen LogP contribution >= 0.6 is 0 Å². The van der Waals surface area contributed by atoms with Gasteiger partial charge in [-0.05, 0) is 20.3 Å². The fourth-order valence-electron chi connectivity index (χ4n) is 1.88. The quantitative estimate of drug-likeness (QED) is 0.833. The van der Waals surface area contributed by atoms with E-state index in [1.807, 2.05) is 0 Å². The standard InChI is InChI=1S/C11H16N2O3/c1-7-10(8(2)16-13-7)11(14)12-5-9-3-4-15-6-9/h9H,3-6H2,1-2H3,(H,12,14)/t9-/m1/s1. The van der Waals surface area contributed by atoms with Crippen molar-refractivity contribution in [2.24, 2.45) is 5.92 Å². The van der Waals surface area contributed by atoms with Gasteiger partial charge in [-0.1, -0.05) is 5.16 Å². The maximum atomic E-state index is 11.9. The molecule has 1 atom stereocenters. The van der Waals surface area contributed by atoms with Crippen molar-refractivity contribution in [1.82, 2.24) is 10.5 Å². The molecule has 1 saturated heterocycles. The van der Waals surface area contributed by atoms with Gasteiger partial charge in [0.2, 0.25) is 0 Å². The minimum absolute atomic E-state index is 0.108. The molecule has 1 aliphatic heterocycles. The maximum absolute atomic E-state index is 11.9. The number of carbonyl (C=O) groups excluding carboxylic acids is 1. The van der Waals surface area contributed by atoms with E-state index in [2.05, 4.69) is 10.5 Å². The van der Waals surface area contributed by atoms with Gasteiger partial charge in [-0.3, -0.25) is 4.79 Å². The van der Waals surface area contributed by atoms with Gasteiger partial charge in [0.15, 0.2) is 0 Å². The first-order valence-corrected chi connectivity index (χ1v) is 5.47. The van der Waals surface area contributed by atoms with E-state index in [4.69, 9.17) is 9.26 Å². The SMILES string of the molecule is Cc1noc(C)c1C(=O)NC[C@H]1CCOC1. The molecule has 1 aromatic heterocycles. The molecule has 5 heteroatoms. The molecule has 1 N–H and O–H groups in total. The van der Waals surface area contributed by atoms with Gasteiger partial charge >= 0.3 is 0 Å². The lowest BCUT2D eigenvalue weighted by Crippen LogP contribution is -2.30. The number of nitrogens with zero attached hydrogens (tertiary/aromatic N) is 1. The van der Waals surface area contributed by atoms with Crippen LogP contribution in [0.4, 0.5) is 0 Å². The van der Waals surface area contributed by atoms with Crippen molar-refractivity contribution in [3.63, 3.8) is 0 Å². The average molecular weight is 224 g/mol. The van der Waals surface area contributed by atoms with E-state index < -0.39 is 0 Å². The van der Waals surface area contributed by atoms with E-state index in [-0.39, 0.29) is 5.91 Å². The molecule has 0 bridgehead atoms. The van der Waals surface area contributed by atoms with Gasteiger partial charge in [0.1, 0.15) is 11.3 Å². The number of aryl methyl sites for hydroxylation is 2. The maximum Gasteiger partial charge on any atom is 0.256 e. The molecule has 1 amide bonds. The molecular weight excluding hydrogens is 208 g/mol. The molecule has 16 heavy (non-hydrogen) atoms. The van der Waals surface area contributed by atoms with Gasteiger partial charge in [-0.25, -0.2) is 0 Å². The fraction of sp³-hybridized carbons (Fsp3) is 0.636. The highest BCUT2D eigenvalue weighted by Gasteiger charge is 2.20. The van der Waals surface area contributed by atoms with Crippen molar-refractivity contribution < 1.29 is 14.1 Å². The Morgan fingerprint density at radius 2 is 2.38 bits per heavy atom. The van der Waals surface area contributed by atoms with Gasteiger partial charge in [0.25, 0.3) is 5.91 Å². The zero-order chi connectivity index (χ0) is 11.5. The van der Waals surface area contributed by atoms with E-state index in [1.165, 1.54) is 0 Å². The van der Waals surface area contributed by atoms with Crippen molar-refractivity contribution in [1.29, 1.82) is 0 Å². The summed E-state index contributed by atoms with van der Waals surface area (Å²) in [7, 11) is 0. The van der Waals surface area contributed by atoms with Crippen molar-refractivity contribution in [3.8, 4) is 0 Å². The molecule has 2 rings (SSSR count). The van der Waals surface area contributed by atoms with Gasteiger partial charge in [-0.15, -0.1) is 0 Å². The Hall–Kier alpha value is -1.36. The fourth-order valence-corrected chi connectivity index (χ4v) is 1.88. The highest BCUT2D eigenvalue weighted by atomic mass is 16.5. The summed E-state index contributed by atoms with van der Waals surface area (Å²) in [5.41, 5.74) is 1.19. The minimum atomic E-state index is -0.108. The highest BCUT2D eigenvalue weighted by molar-refractivity contribution is 5.96. The summed E-state index contributed by atoms with van der Waals surface area (Å²) < 4.78 is 10.2. The smallest absolute Gasteiger partial charge is 0.256 e. The number of amides is 1. The third-order valence-corrected chi connectivity index (χ3v) is 2.84. The number of rotatable bonds is 3. The van der Waals surface area contributed by atoms with Crippen LogP contribution in [0.2, 0.25) is 0 Å². The van der Waals surface area contributed by atoms with E-state index in [1.54, 1.807) is 13.8 Å². The van der Waals surface area contributed by atoms with Crippen LogP contribution in [0.5, 0.6) is 0 Å². The van der Waals surface area contributed by atoms with Gasteiger partial charge in [0, 0.05) is 19.1 Å². The van der Waals surface area contributed by atoms with Crippen LogP contribution in [0.3, 0.4) is 0 Å². The summed E-state index contributed by atoms with van der Waals surface area (Å²) in [6, 6.07) is 0. The van der Waals surface area contributed by atoms with Gasteiger partial charge in [0.05, 0.1) is 12.3 Å². The third-order valence-electron chi connectivity index (χ3n) is 2.84. The first kappa shape index (κ1) is 11.1. The lowest BCUT2D eigenvalue weighted by Gasteiger charge is -2.08. The normalized spacial score (nSPS) is 20.0. The zero-order valence-corrected chi connectivity index (χ0v) is 9.58. The molecule has 0 radical (unpaired) electrons. The van der Waals surface area contributed by atoms with Crippen LogP contribution in [0.25, 0.3) is 0 Å². The molecule has 0 aliphatic carbocycles. The number of hydrogen-bond donors (Lipinski definition) is 1. The van der Waals surface area contributed by atoms with Crippen molar-refractivity contribution >= 4 is 5.91 Å². The summed E-state index contributed by atoms with van der Waals surface area (Å²) >= 11 is 0. The molecule has 0 spiro atoms. The molecule has 0 aromatic carbocycles. The Morgan fingerprint density at radius 1 is 1.56 bits per heavy atom.